The minimum absolute atomic E-state index is 0.0691. The van der Waals surface area contributed by atoms with E-state index in [-0.39, 0.29) is 12.3 Å². The van der Waals surface area contributed by atoms with Gasteiger partial charge in [-0.3, -0.25) is 4.79 Å². The molecule has 0 spiro atoms. The van der Waals surface area contributed by atoms with E-state index in [1.54, 1.807) is 41.4 Å². The number of rotatable bonds is 9. The zero-order chi connectivity index (χ0) is 29.8. The van der Waals surface area contributed by atoms with Gasteiger partial charge >= 0.3 is 5.97 Å². The Kier molecular flexibility index (Phi) is 8.39. The summed E-state index contributed by atoms with van der Waals surface area (Å²) in [6.45, 7) is 1.85. The molecule has 0 bridgehead atoms. The maximum atomic E-state index is 14.2. The number of hydrogen-bond acceptors (Lipinski definition) is 10. The second-order valence-corrected chi connectivity index (χ2v) is 9.55. The molecule has 0 saturated carbocycles. The highest BCUT2D eigenvalue weighted by molar-refractivity contribution is 6.07. The predicted molar refractivity (Wildman–Crippen MR) is 159 cm³/mol. The van der Waals surface area contributed by atoms with Gasteiger partial charge in [0.15, 0.2) is 17.2 Å². The van der Waals surface area contributed by atoms with Crippen LogP contribution in [0.3, 0.4) is 0 Å². The zero-order valence-electron chi connectivity index (χ0n) is 24.0. The number of methoxy groups -OCH3 is 4. The minimum atomic E-state index is -0.675. The Bertz CT molecular complexity index is 1650. The van der Waals surface area contributed by atoms with Crippen LogP contribution in [0.5, 0.6) is 23.0 Å². The molecule has 1 aliphatic heterocycles. The molecule has 11 heteroatoms. The number of morpholine rings is 1. The summed E-state index contributed by atoms with van der Waals surface area (Å²) in [4.78, 5) is 27.7. The Morgan fingerprint density at radius 2 is 1.62 bits per heavy atom. The molecule has 1 aromatic heterocycles. The molecule has 11 nitrogen and oxygen atoms in total. The first-order valence-corrected chi connectivity index (χ1v) is 13.3. The molecule has 4 aromatic rings. The van der Waals surface area contributed by atoms with Crippen LogP contribution in [0.15, 0.2) is 59.4 Å². The van der Waals surface area contributed by atoms with Crippen LogP contribution >= 0.6 is 0 Å². The van der Waals surface area contributed by atoms with Gasteiger partial charge in [0, 0.05) is 11.3 Å². The summed E-state index contributed by atoms with van der Waals surface area (Å²) in [6, 6.07) is 16.1. The lowest BCUT2D eigenvalue weighted by atomic mass is 9.96. The van der Waals surface area contributed by atoms with Crippen molar-refractivity contribution in [1.82, 2.24) is 4.68 Å². The molecule has 0 aliphatic carbocycles. The van der Waals surface area contributed by atoms with E-state index in [4.69, 9.17) is 34.2 Å². The van der Waals surface area contributed by atoms with Crippen LogP contribution < -0.4 is 35.2 Å². The Morgan fingerprint density at radius 3 is 2.24 bits per heavy atom. The number of hydrogen-bond donors (Lipinski definition) is 1. The molecule has 0 amide bonds. The van der Waals surface area contributed by atoms with Gasteiger partial charge in [0.05, 0.1) is 60.1 Å². The highest BCUT2D eigenvalue weighted by Crippen LogP contribution is 2.43. The average molecular weight is 576 g/mol. The van der Waals surface area contributed by atoms with E-state index in [0.717, 1.165) is 5.56 Å². The third kappa shape index (κ3) is 5.38. The molecule has 1 aliphatic rings. The monoisotopic (exact) mass is 575 g/mol. The molecule has 3 aromatic carbocycles. The van der Waals surface area contributed by atoms with E-state index in [9.17, 15) is 9.59 Å². The van der Waals surface area contributed by atoms with Crippen LogP contribution in [0, 0.1) is 0 Å². The van der Waals surface area contributed by atoms with E-state index >= 15 is 0 Å². The summed E-state index contributed by atoms with van der Waals surface area (Å²) in [5.41, 5.74) is 8.14. The third-order valence-corrected chi connectivity index (χ3v) is 7.09. The van der Waals surface area contributed by atoms with Gasteiger partial charge in [0.1, 0.15) is 12.4 Å². The van der Waals surface area contributed by atoms with Crippen molar-refractivity contribution in [1.29, 1.82) is 0 Å². The number of pyridine rings is 1. The van der Waals surface area contributed by atoms with Gasteiger partial charge in [-0.05, 0) is 59.0 Å². The van der Waals surface area contributed by atoms with E-state index in [0.29, 0.717) is 76.9 Å². The molecular formula is C31H33N3O8. The highest BCUT2D eigenvalue weighted by Gasteiger charge is 2.29. The topological polar surface area (TPSA) is 124 Å². The summed E-state index contributed by atoms with van der Waals surface area (Å²) in [7, 11) is 5.82. The fourth-order valence-corrected chi connectivity index (χ4v) is 5.13. The van der Waals surface area contributed by atoms with Crippen molar-refractivity contribution in [2.24, 2.45) is 0 Å². The molecule has 220 valence electrons. The zero-order valence-corrected chi connectivity index (χ0v) is 24.0. The number of anilines is 1. The first-order chi connectivity index (χ1) is 20.4. The van der Waals surface area contributed by atoms with Crippen LogP contribution in [-0.2, 0) is 16.1 Å². The number of ether oxygens (including phenoxy) is 6. The maximum absolute atomic E-state index is 14.2. The van der Waals surface area contributed by atoms with Crippen LogP contribution in [0.4, 0.5) is 5.69 Å². The van der Waals surface area contributed by atoms with Crippen molar-refractivity contribution in [3.05, 3.63) is 76.2 Å². The summed E-state index contributed by atoms with van der Waals surface area (Å²) in [5.74, 6) is 0.985. The van der Waals surface area contributed by atoms with E-state index < -0.39 is 11.5 Å². The van der Waals surface area contributed by atoms with Gasteiger partial charge in [0.2, 0.25) is 5.75 Å². The van der Waals surface area contributed by atoms with Crippen LogP contribution in [0.25, 0.3) is 21.9 Å². The number of carbonyl (C=O) groups is 1. The lowest BCUT2D eigenvalue weighted by Crippen LogP contribution is -2.51. The summed E-state index contributed by atoms with van der Waals surface area (Å²) < 4.78 is 34.9. The first-order valence-electron chi connectivity index (χ1n) is 13.3. The minimum Gasteiger partial charge on any atom is -0.493 e. The van der Waals surface area contributed by atoms with Crippen LogP contribution in [-0.4, -0.2) is 65.4 Å². The van der Waals surface area contributed by atoms with E-state index in [2.05, 4.69) is 0 Å². The quantitative estimate of drug-likeness (QED) is 0.234. The second-order valence-electron chi connectivity index (χ2n) is 9.55. The maximum Gasteiger partial charge on any atom is 0.357 e. The molecule has 0 radical (unpaired) electrons. The van der Waals surface area contributed by atoms with E-state index in [1.165, 1.54) is 33.1 Å². The van der Waals surface area contributed by atoms with Crippen molar-refractivity contribution < 1.29 is 33.2 Å². The third-order valence-electron chi connectivity index (χ3n) is 7.09. The number of benzene rings is 3. The molecule has 0 unspecified atom stereocenters. The SMILES string of the molecule is COC(=O)c1c(-c2cc(OC)c(OC)c(OC)c2)c2ccc(OCc3cccc(N)c3)cc2c(=O)n1N1CCOCC1. The number of esters is 1. The van der Waals surface area contributed by atoms with Crippen molar-refractivity contribution in [3.63, 3.8) is 0 Å². The van der Waals surface area contributed by atoms with Crippen LogP contribution in [0.2, 0.25) is 0 Å². The number of carbonyl (C=O) groups excluding carboxylic acids is 1. The Morgan fingerprint density at radius 1 is 0.905 bits per heavy atom. The first kappa shape index (κ1) is 28.6. The van der Waals surface area contributed by atoms with E-state index in [1.807, 2.05) is 18.2 Å². The van der Waals surface area contributed by atoms with Crippen molar-refractivity contribution >= 4 is 22.4 Å². The van der Waals surface area contributed by atoms with Crippen molar-refractivity contribution in [2.45, 2.75) is 6.61 Å². The molecule has 2 N–H and O–H groups in total. The lowest BCUT2D eigenvalue weighted by molar-refractivity contribution is 0.0580. The summed E-state index contributed by atoms with van der Waals surface area (Å²) in [6.07, 6.45) is 0. The standard InChI is InChI=1S/C31H33N3O8/c1-37-25-15-20(16-26(38-2)29(25)39-3)27-23-9-8-22(42-18-19-6-5-7-21(32)14-19)17-24(23)30(35)34(28(27)31(36)40-4)33-10-12-41-13-11-33/h5-9,14-17H,10-13,18,32H2,1-4H3. The molecule has 1 saturated heterocycles. The molecule has 2 heterocycles. The smallest absolute Gasteiger partial charge is 0.357 e. The summed E-state index contributed by atoms with van der Waals surface area (Å²) in [5, 5.41) is 2.66. The number of aromatic nitrogens is 1. The molecule has 5 rings (SSSR count). The van der Waals surface area contributed by atoms with Crippen molar-refractivity contribution in [2.75, 3.05) is 65.5 Å². The Hall–Kier alpha value is -4.90. The Balaban J connectivity index is 1.78. The average Bonchev–Trinajstić information content (AvgIpc) is 3.03. The molecule has 0 atom stereocenters. The van der Waals surface area contributed by atoms with Gasteiger partial charge in [-0.25, -0.2) is 9.47 Å². The molecule has 1 fully saturated rings. The fourth-order valence-electron chi connectivity index (χ4n) is 5.13. The fraction of sp³-hybridized carbons (Fsp3) is 0.290. The molecular weight excluding hydrogens is 542 g/mol. The number of nitrogens with zero attached hydrogens (tertiary/aromatic N) is 2. The predicted octanol–water partition coefficient (Wildman–Crippen LogP) is 3.61. The number of nitrogen functional groups attached to an aromatic ring is 1. The summed E-state index contributed by atoms with van der Waals surface area (Å²) >= 11 is 0. The Labute approximate surface area is 242 Å². The van der Waals surface area contributed by atoms with Gasteiger partial charge < -0.3 is 39.2 Å². The molecule has 42 heavy (non-hydrogen) atoms. The van der Waals surface area contributed by atoms with Gasteiger partial charge in [-0.1, -0.05) is 12.1 Å². The normalized spacial score (nSPS) is 13.1. The number of fused-ring (bicyclic) bond motifs is 1. The van der Waals surface area contributed by atoms with Crippen LogP contribution in [0.1, 0.15) is 16.1 Å². The van der Waals surface area contributed by atoms with Gasteiger partial charge in [-0.15, -0.1) is 0 Å². The van der Waals surface area contributed by atoms with Crippen molar-refractivity contribution in [3.8, 4) is 34.1 Å². The number of nitrogens with two attached hydrogens (primary N) is 1. The lowest BCUT2D eigenvalue weighted by Gasteiger charge is -2.33. The largest absolute Gasteiger partial charge is 0.493 e. The second kappa shape index (κ2) is 12.3. The van der Waals surface area contributed by atoms with Gasteiger partial charge in [-0.2, -0.15) is 0 Å². The highest BCUT2D eigenvalue weighted by atomic mass is 16.5. The van der Waals surface area contributed by atoms with Gasteiger partial charge in [0.25, 0.3) is 5.56 Å².